The highest BCUT2D eigenvalue weighted by molar-refractivity contribution is 5.91. The molecule has 4 rings (SSSR count). The van der Waals surface area contributed by atoms with Crippen molar-refractivity contribution in [1.82, 2.24) is 5.32 Å². The summed E-state index contributed by atoms with van der Waals surface area (Å²) in [6.07, 6.45) is 4.30. The molecule has 0 unspecified atom stereocenters. The van der Waals surface area contributed by atoms with Gasteiger partial charge in [0.25, 0.3) is 5.91 Å². The van der Waals surface area contributed by atoms with Gasteiger partial charge in [0, 0.05) is 6.54 Å². The normalized spacial score (nSPS) is 12.6. The number of hydrogen-bond donors (Lipinski definition) is 1. The average Bonchev–Trinajstić information content (AvgIpc) is 3.36. The summed E-state index contributed by atoms with van der Waals surface area (Å²) in [7, 11) is 0. The molecule has 0 aliphatic heterocycles. The van der Waals surface area contributed by atoms with E-state index in [4.69, 9.17) is 9.15 Å². The van der Waals surface area contributed by atoms with Gasteiger partial charge in [-0.1, -0.05) is 36.4 Å². The molecule has 0 radical (unpaired) electrons. The van der Waals surface area contributed by atoms with Crippen molar-refractivity contribution in [2.45, 2.75) is 32.3 Å². The second kappa shape index (κ2) is 8.12. The van der Waals surface area contributed by atoms with Crippen molar-refractivity contribution in [3.63, 3.8) is 0 Å². The average molecular weight is 361 g/mol. The smallest absolute Gasteiger partial charge is 0.287 e. The number of carbonyl (C=O) groups excluding carboxylic acids is 1. The van der Waals surface area contributed by atoms with Crippen LogP contribution in [-0.4, -0.2) is 12.5 Å². The lowest BCUT2D eigenvalue weighted by Gasteiger charge is -2.07. The minimum absolute atomic E-state index is 0.199. The van der Waals surface area contributed by atoms with E-state index in [0.717, 1.165) is 25.0 Å². The quantitative estimate of drug-likeness (QED) is 0.682. The minimum atomic E-state index is -0.199. The van der Waals surface area contributed by atoms with Crippen molar-refractivity contribution in [3.05, 3.63) is 88.9 Å². The molecule has 1 amide bonds. The van der Waals surface area contributed by atoms with Crippen molar-refractivity contribution in [2.75, 3.05) is 6.54 Å². The van der Waals surface area contributed by atoms with Crippen LogP contribution in [0.25, 0.3) is 0 Å². The van der Waals surface area contributed by atoms with Crippen LogP contribution in [0.4, 0.5) is 0 Å². The zero-order chi connectivity index (χ0) is 18.5. The number of furan rings is 1. The van der Waals surface area contributed by atoms with E-state index in [2.05, 4.69) is 17.4 Å². The van der Waals surface area contributed by atoms with Crippen LogP contribution >= 0.6 is 0 Å². The molecule has 1 aliphatic carbocycles. The highest BCUT2D eigenvalue weighted by Crippen LogP contribution is 2.26. The Morgan fingerprint density at radius 1 is 1.00 bits per heavy atom. The summed E-state index contributed by atoms with van der Waals surface area (Å²) in [4.78, 5) is 12.2. The van der Waals surface area contributed by atoms with Gasteiger partial charge in [0.2, 0.25) is 0 Å². The Kier molecular flexibility index (Phi) is 5.24. The number of hydrogen-bond acceptors (Lipinski definition) is 3. The largest absolute Gasteiger partial charge is 0.486 e. The molecule has 4 heteroatoms. The van der Waals surface area contributed by atoms with Gasteiger partial charge >= 0.3 is 0 Å². The lowest BCUT2D eigenvalue weighted by atomic mass is 10.1. The van der Waals surface area contributed by atoms with Gasteiger partial charge in [-0.3, -0.25) is 4.79 Å². The summed E-state index contributed by atoms with van der Waals surface area (Å²) >= 11 is 0. The predicted molar refractivity (Wildman–Crippen MR) is 104 cm³/mol. The summed E-state index contributed by atoms with van der Waals surface area (Å²) in [5.74, 6) is 1.61. The SMILES string of the molecule is O=C(NCCc1ccccc1)c1ccc(COc2ccc3c(c2)CCC3)o1. The Labute approximate surface area is 159 Å². The van der Waals surface area contributed by atoms with Gasteiger partial charge in [-0.15, -0.1) is 0 Å². The van der Waals surface area contributed by atoms with Crippen molar-refractivity contribution in [1.29, 1.82) is 0 Å². The highest BCUT2D eigenvalue weighted by atomic mass is 16.5. The molecule has 0 atom stereocenters. The molecule has 1 aromatic heterocycles. The molecule has 4 nitrogen and oxygen atoms in total. The first-order valence-electron chi connectivity index (χ1n) is 9.43. The molecule has 1 aliphatic rings. The molecule has 27 heavy (non-hydrogen) atoms. The summed E-state index contributed by atoms with van der Waals surface area (Å²) < 4.78 is 11.4. The molecule has 0 saturated carbocycles. The van der Waals surface area contributed by atoms with Crippen LogP contribution in [0.1, 0.15) is 39.4 Å². The van der Waals surface area contributed by atoms with Crippen LogP contribution in [-0.2, 0) is 25.9 Å². The molecule has 0 spiro atoms. The van der Waals surface area contributed by atoms with Crippen LogP contribution in [0.5, 0.6) is 5.75 Å². The number of nitrogens with one attached hydrogen (secondary N) is 1. The molecule has 0 bridgehead atoms. The summed E-state index contributed by atoms with van der Waals surface area (Å²) in [6.45, 7) is 0.889. The Morgan fingerprint density at radius 2 is 1.85 bits per heavy atom. The Balaban J connectivity index is 1.27. The van der Waals surface area contributed by atoms with Gasteiger partial charge in [0.05, 0.1) is 0 Å². The first kappa shape index (κ1) is 17.4. The first-order chi connectivity index (χ1) is 13.3. The maximum absolute atomic E-state index is 12.2. The second-order valence-corrected chi connectivity index (χ2v) is 6.83. The van der Waals surface area contributed by atoms with Crippen LogP contribution < -0.4 is 10.1 Å². The van der Waals surface area contributed by atoms with Crippen LogP contribution in [0.15, 0.2) is 65.1 Å². The fourth-order valence-electron chi connectivity index (χ4n) is 3.42. The fraction of sp³-hybridized carbons (Fsp3) is 0.261. The van der Waals surface area contributed by atoms with Crippen molar-refractivity contribution in [2.24, 2.45) is 0 Å². The van der Waals surface area contributed by atoms with Gasteiger partial charge in [-0.05, 0) is 66.6 Å². The molecular formula is C23H23NO3. The summed E-state index contributed by atoms with van der Waals surface area (Å²) in [6, 6.07) is 19.8. The van der Waals surface area contributed by atoms with Crippen LogP contribution in [0.3, 0.4) is 0 Å². The third kappa shape index (κ3) is 4.40. The van der Waals surface area contributed by atoms with E-state index >= 15 is 0 Å². The summed E-state index contributed by atoms with van der Waals surface area (Å²) in [5, 5.41) is 2.89. The maximum Gasteiger partial charge on any atom is 0.287 e. The number of aryl methyl sites for hydroxylation is 2. The van der Waals surface area contributed by atoms with Gasteiger partial charge < -0.3 is 14.5 Å². The fourth-order valence-corrected chi connectivity index (χ4v) is 3.42. The van der Waals surface area contributed by atoms with E-state index in [1.165, 1.54) is 23.1 Å². The standard InChI is InChI=1S/C23H23NO3/c25-23(24-14-13-17-5-2-1-3-6-17)22-12-11-21(27-22)16-26-20-10-9-18-7-4-8-19(18)15-20/h1-3,5-6,9-12,15H,4,7-8,13-14,16H2,(H,24,25). The lowest BCUT2D eigenvalue weighted by Crippen LogP contribution is -2.25. The second-order valence-electron chi connectivity index (χ2n) is 6.83. The molecule has 138 valence electrons. The van der Waals surface area contributed by atoms with Crippen molar-refractivity contribution < 1.29 is 13.9 Å². The van der Waals surface area contributed by atoms with Crippen molar-refractivity contribution >= 4 is 5.91 Å². The summed E-state index contributed by atoms with van der Waals surface area (Å²) in [5.41, 5.74) is 4.00. The van der Waals surface area contributed by atoms with E-state index in [9.17, 15) is 4.79 Å². The highest BCUT2D eigenvalue weighted by Gasteiger charge is 2.13. The van der Waals surface area contributed by atoms with E-state index in [0.29, 0.717) is 24.7 Å². The van der Waals surface area contributed by atoms with Gasteiger partial charge in [0.1, 0.15) is 18.1 Å². The Morgan fingerprint density at radius 3 is 2.74 bits per heavy atom. The molecule has 0 fully saturated rings. The number of fused-ring (bicyclic) bond motifs is 1. The molecule has 1 N–H and O–H groups in total. The van der Waals surface area contributed by atoms with E-state index in [1.54, 1.807) is 12.1 Å². The molecular weight excluding hydrogens is 338 g/mol. The van der Waals surface area contributed by atoms with Crippen LogP contribution in [0, 0.1) is 0 Å². The van der Waals surface area contributed by atoms with Crippen molar-refractivity contribution in [3.8, 4) is 5.75 Å². The topological polar surface area (TPSA) is 51.5 Å². The lowest BCUT2D eigenvalue weighted by molar-refractivity contribution is 0.0922. The number of ether oxygens (including phenoxy) is 1. The molecule has 2 aromatic carbocycles. The minimum Gasteiger partial charge on any atom is -0.486 e. The van der Waals surface area contributed by atoms with Gasteiger partial charge in [-0.2, -0.15) is 0 Å². The number of carbonyl (C=O) groups is 1. The number of amides is 1. The Hall–Kier alpha value is -3.01. The predicted octanol–water partition coefficient (Wildman–Crippen LogP) is 4.32. The molecule has 0 saturated heterocycles. The van der Waals surface area contributed by atoms with Gasteiger partial charge in [0.15, 0.2) is 5.76 Å². The molecule has 1 heterocycles. The van der Waals surface area contributed by atoms with E-state index in [-0.39, 0.29) is 5.91 Å². The van der Waals surface area contributed by atoms with Crippen LogP contribution in [0.2, 0.25) is 0 Å². The first-order valence-corrected chi connectivity index (χ1v) is 9.43. The van der Waals surface area contributed by atoms with E-state index < -0.39 is 0 Å². The Bertz CT molecular complexity index is 914. The third-order valence-electron chi connectivity index (χ3n) is 4.88. The third-order valence-corrected chi connectivity index (χ3v) is 4.88. The number of rotatable bonds is 7. The monoisotopic (exact) mass is 361 g/mol. The number of benzene rings is 2. The maximum atomic E-state index is 12.2. The van der Waals surface area contributed by atoms with Gasteiger partial charge in [-0.25, -0.2) is 0 Å². The molecule has 3 aromatic rings. The zero-order valence-corrected chi connectivity index (χ0v) is 15.2. The van der Waals surface area contributed by atoms with E-state index in [1.807, 2.05) is 36.4 Å². The zero-order valence-electron chi connectivity index (χ0n) is 15.2.